The molecule has 0 bridgehead atoms. The van der Waals surface area contributed by atoms with Crippen LogP contribution >= 0.6 is 11.8 Å². The van der Waals surface area contributed by atoms with Gasteiger partial charge in [0.1, 0.15) is 31.1 Å². The summed E-state index contributed by atoms with van der Waals surface area (Å²) in [5, 5.41) is 22.9. The maximum Gasteiger partial charge on any atom is 0.407 e. The first-order valence-electron chi connectivity index (χ1n) is 28.0. The Balaban J connectivity index is 0.767. The minimum atomic E-state index is -2.04. The van der Waals surface area contributed by atoms with Gasteiger partial charge >= 0.3 is 12.1 Å². The molecule has 2 fully saturated rings. The average Bonchev–Trinajstić information content (AvgIpc) is 4.41. The molecule has 0 spiro atoms. The number of halogens is 1. The molecule has 8 rings (SSSR count). The van der Waals surface area contributed by atoms with Crippen molar-refractivity contribution >= 4 is 70.0 Å². The number of alkyl carbamates (subject to hydrolysis) is 1. The second kappa shape index (κ2) is 27.3. The van der Waals surface area contributed by atoms with Gasteiger partial charge in [0.15, 0.2) is 5.60 Å². The van der Waals surface area contributed by atoms with Crippen molar-refractivity contribution in [3.05, 3.63) is 92.0 Å². The number of carbonyl (C=O) groups excluding carboxylic acids is 7. The fourth-order valence-electron chi connectivity index (χ4n) is 10.9. The van der Waals surface area contributed by atoms with Crippen LogP contribution in [0.4, 0.5) is 14.9 Å². The standard InChI is InChI=1S/C58H73FN8O13S/c1-5-47(36-11-7-8-12-36)81-48-28-50(69)66(55(48)73)20-22-78-24-23-77-21-18-49(68)62-34(4)52(70)65-44(13-9-10-19-60)53(71)63-37-16-14-35(15-17-37)31-80-57(75)61-29-39-38-25-33(3)43(59)27-45(38)64-51-40(39)30-67-46(51)26-42-41(54(67)72)32-79-56(74)58(42,76)6-2/h14-17,25-27,34,36,44,47-48,76H,5-13,18-24,28-32,60H2,1-4H3,(H,61,75)(H,62,68)(H,63,71)(H,65,70)/t34-,44-,47?,48?,58-/m0/s1. The molecular formula is C58H73FN8O13S. The van der Waals surface area contributed by atoms with Crippen LogP contribution in [0.25, 0.3) is 22.3 Å². The number of nitrogens with zero attached hydrogens (tertiary/aromatic N) is 3. The minimum Gasteiger partial charge on any atom is -0.458 e. The zero-order valence-electron chi connectivity index (χ0n) is 46.3. The van der Waals surface area contributed by atoms with Gasteiger partial charge in [-0.25, -0.2) is 19.0 Å². The number of carbonyl (C=O) groups is 7. The van der Waals surface area contributed by atoms with Crippen LogP contribution in [-0.2, 0) is 79.6 Å². The number of rotatable bonds is 27. The van der Waals surface area contributed by atoms with Gasteiger partial charge in [0, 0.05) is 52.9 Å². The van der Waals surface area contributed by atoms with Crippen LogP contribution in [0.3, 0.4) is 0 Å². The number of cyclic esters (lactones) is 1. The first-order valence-corrected chi connectivity index (χ1v) is 28.9. The lowest BCUT2D eigenvalue weighted by molar-refractivity contribution is -0.172. The van der Waals surface area contributed by atoms with E-state index in [4.69, 9.17) is 29.7 Å². The molecule has 0 radical (unpaired) electrons. The lowest BCUT2D eigenvalue weighted by Gasteiger charge is -2.31. The number of unbranched alkanes of at least 4 members (excludes halogenated alkanes) is 1. The Morgan fingerprint density at radius 2 is 1.70 bits per heavy atom. The van der Waals surface area contributed by atoms with Gasteiger partial charge in [0.2, 0.25) is 29.5 Å². The molecule has 81 heavy (non-hydrogen) atoms. The molecule has 1 saturated carbocycles. The first-order chi connectivity index (χ1) is 38.9. The molecule has 2 aromatic carbocycles. The number of amides is 6. The number of aromatic nitrogens is 2. The van der Waals surface area contributed by atoms with Crippen LogP contribution in [0.2, 0.25) is 0 Å². The van der Waals surface area contributed by atoms with Gasteiger partial charge < -0.3 is 55.6 Å². The van der Waals surface area contributed by atoms with Crippen LogP contribution in [0.15, 0.2) is 47.3 Å². The third-order valence-corrected chi connectivity index (χ3v) is 17.4. The topological polar surface area (TPSA) is 289 Å². The highest BCUT2D eigenvalue weighted by molar-refractivity contribution is 8.01. The summed E-state index contributed by atoms with van der Waals surface area (Å²) in [5.74, 6) is -2.57. The Morgan fingerprint density at radius 1 is 0.963 bits per heavy atom. The number of thioether (sulfide) groups is 1. The van der Waals surface area contributed by atoms with Crippen molar-refractivity contribution < 1.29 is 62.0 Å². The fourth-order valence-corrected chi connectivity index (χ4v) is 12.5. The van der Waals surface area contributed by atoms with Gasteiger partial charge in [-0.15, -0.1) is 11.8 Å². The van der Waals surface area contributed by atoms with Crippen LogP contribution in [0, 0.1) is 18.7 Å². The number of likely N-dealkylation sites (tertiary alicyclic amines) is 1. The Morgan fingerprint density at radius 3 is 2.42 bits per heavy atom. The zero-order valence-corrected chi connectivity index (χ0v) is 47.1. The van der Waals surface area contributed by atoms with Crippen molar-refractivity contribution in [2.45, 2.75) is 153 Å². The maximum atomic E-state index is 15.0. The third-order valence-electron chi connectivity index (χ3n) is 15.6. The number of ether oxygens (including phenoxy) is 4. The van der Waals surface area contributed by atoms with E-state index < -0.39 is 58.8 Å². The number of hydrogen-bond acceptors (Lipinski definition) is 16. The van der Waals surface area contributed by atoms with Gasteiger partial charge in [-0.05, 0) is 112 Å². The summed E-state index contributed by atoms with van der Waals surface area (Å²) < 4.78 is 38.4. The van der Waals surface area contributed by atoms with E-state index in [1.54, 1.807) is 62.0 Å². The highest BCUT2D eigenvalue weighted by Gasteiger charge is 2.46. The molecule has 1 saturated heterocycles. The van der Waals surface area contributed by atoms with Gasteiger partial charge in [-0.1, -0.05) is 38.8 Å². The number of imide groups is 1. The van der Waals surface area contributed by atoms with Gasteiger partial charge in [-0.2, -0.15) is 0 Å². The molecule has 7 N–H and O–H groups in total. The third kappa shape index (κ3) is 14.1. The smallest absolute Gasteiger partial charge is 0.407 e. The molecule has 2 unspecified atom stereocenters. The molecule has 5 heterocycles. The summed E-state index contributed by atoms with van der Waals surface area (Å²) in [6.45, 7) is 7.54. The lowest BCUT2D eigenvalue weighted by Crippen LogP contribution is -2.51. The number of nitrogens with one attached hydrogen (secondary N) is 4. The minimum absolute atomic E-state index is 0.0376. The van der Waals surface area contributed by atoms with Crippen LogP contribution in [-0.4, -0.2) is 123 Å². The summed E-state index contributed by atoms with van der Waals surface area (Å²) in [4.78, 5) is 111. The number of nitrogens with two attached hydrogens (primary N) is 1. The molecule has 1 aliphatic carbocycles. The van der Waals surface area contributed by atoms with Gasteiger partial charge in [0.25, 0.3) is 5.56 Å². The highest BCUT2D eigenvalue weighted by atomic mass is 32.2. The van der Waals surface area contributed by atoms with E-state index in [9.17, 15) is 47.9 Å². The predicted molar refractivity (Wildman–Crippen MR) is 299 cm³/mol. The molecule has 4 aliphatic rings. The molecule has 5 atom stereocenters. The number of hydrogen-bond donors (Lipinski definition) is 6. The average molecular weight is 1140 g/mol. The van der Waals surface area contributed by atoms with Gasteiger partial charge in [-0.3, -0.25) is 33.7 Å². The number of esters is 1. The van der Waals surface area contributed by atoms with Crippen LogP contribution in [0.1, 0.15) is 125 Å². The molecule has 21 nitrogen and oxygen atoms in total. The van der Waals surface area contributed by atoms with E-state index in [0.717, 1.165) is 6.42 Å². The molecular weight excluding hydrogens is 1070 g/mol. The number of pyridine rings is 2. The number of benzene rings is 2. The largest absolute Gasteiger partial charge is 0.458 e. The predicted octanol–water partition coefficient (Wildman–Crippen LogP) is 5.26. The monoisotopic (exact) mass is 1140 g/mol. The van der Waals surface area contributed by atoms with Crippen molar-refractivity contribution in [3.63, 3.8) is 0 Å². The molecule has 6 amide bonds. The Kier molecular flexibility index (Phi) is 20.3. The Hall–Kier alpha value is -6.79. The molecule has 4 aromatic rings. The first kappa shape index (κ1) is 60.3. The van der Waals surface area contributed by atoms with E-state index >= 15 is 0 Å². The Bertz CT molecular complexity index is 3080. The number of aliphatic hydroxyl groups is 1. The second-order valence-electron chi connectivity index (χ2n) is 21.1. The van der Waals surface area contributed by atoms with E-state index in [1.807, 2.05) is 0 Å². The summed E-state index contributed by atoms with van der Waals surface area (Å²) in [7, 11) is 0. The summed E-state index contributed by atoms with van der Waals surface area (Å²) in [6, 6.07) is 9.06. The van der Waals surface area contributed by atoms with E-state index in [1.165, 1.54) is 48.1 Å². The van der Waals surface area contributed by atoms with Crippen molar-refractivity contribution in [2.24, 2.45) is 11.7 Å². The number of fused-ring (bicyclic) bond motifs is 5. The van der Waals surface area contributed by atoms with Crippen molar-refractivity contribution in [2.75, 3.05) is 44.8 Å². The lowest BCUT2D eigenvalue weighted by atomic mass is 9.86. The van der Waals surface area contributed by atoms with Gasteiger partial charge in [0.05, 0.1) is 67.2 Å². The fraction of sp³-hybridized carbons (Fsp3) is 0.534. The Labute approximate surface area is 473 Å². The summed E-state index contributed by atoms with van der Waals surface area (Å²) in [5.41, 5.74) is 6.92. The van der Waals surface area contributed by atoms with E-state index in [-0.39, 0.29) is 119 Å². The van der Waals surface area contributed by atoms with Crippen molar-refractivity contribution in [1.82, 2.24) is 30.4 Å². The van der Waals surface area contributed by atoms with Crippen LogP contribution < -0.4 is 32.6 Å². The van der Waals surface area contributed by atoms with E-state index in [2.05, 4.69) is 28.2 Å². The summed E-state index contributed by atoms with van der Waals surface area (Å²) >= 11 is 1.66. The number of anilines is 1. The molecule has 3 aliphatic heterocycles. The van der Waals surface area contributed by atoms with Crippen molar-refractivity contribution in [1.29, 1.82) is 0 Å². The molecule has 2 aromatic heterocycles. The second-order valence-corrected chi connectivity index (χ2v) is 22.5. The normalized spacial score (nSPS) is 18.7. The van der Waals surface area contributed by atoms with Crippen LogP contribution in [0.5, 0.6) is 0 Å². The molecule has 23 heteroatoms. The number of aryl methyl sites for hydroxylation is 1. The zero-order chi connectivity index (χ0) is 58.0. The van der Waals surface area contributed by atoms with E-state index in [0.29, 0.717) is 75.3 Å². The molecule has 436 valence electrons. The SMILES string of the molecule is CCC(SC1CC(=O)N(CCOCCOCCC(=O)N[C@@H](C)C(=O)N[C@@H](CCCCN)C(=O)Nc2ccc(COC(=O)NCc3c4c(nc5cc(F)c(C)cc35)-c3cc5c(c(=O)n3C4)COC(=O)[C@]5(O)CC)cc2)C1=O)C1CCCC1. The van der Waals surface area contributed by atoms with Crippen molar-refractivity contribution in [3.8, 4) is 11.4 Å². The quantitative estimate of drug-likeness (QED) is 0.0222. The highest BCUT2D eigenvalue weighted by Crippen LogP contribution is 2.42. The summed E-state index contributed by atoms with van der Waals surface area (Å²) in [6.07, 6.45) is 6.61. The maximum absolute atomic E-state index is 15.0.